The summed E-state index contributed by atoms with van der Waals surface area (Å²) < 4.78 is 31.4. The highest BCUT2D eigenvalue weighted by molar-refractivity contribution is 7.89. The number of sulfonamides is 1. The second kappa shape index (κ2) is 7.09. The number of hydrogen-bond acceptors (Lipinski definition) is 4. The maximum absolute atomic E-state index is 13.0. The minimum Gasteiger partial charge on any atom is -0.486 e. The van der Waals surface area contributed by atoms with Crippen LogP contribution in [0.3, 0.4) is 0 Å². The molecular weight excluding hydrogens is 352 g/mol. The number of fused-ring (bicyclic) bond motifs is 1. The minimum absolute atomic E-state index is 0.0674. The number of para-hydroxylation sites is 2. The number of carbonyl (C=O) groups is 1. The van der Waals surface area contributed by atoms with E-state index < -0.39 is 10.0 Å². The normalized spacial score (nSPS) is 16.9. The Bertz CT molecular complexity index is 907. The van der Waals surface area contributed by atoms with Crippen LogP contribution in [-0.2, 0) is 10.0 Å². The van der Waals surface area contributed by atoms with E-state index in [1.807, 2.05) is 31.2 Å². The Morgan fingerprint density at radius 1 is 1.15 bits per heavy atom. The zero-order valence-electron chi connectivity index (χ0n) is 15.0. The smallest absolute Gasteiger partial charge is 0.258 e. The Labute approximate surface area is 154 Å². The molecule has 0 N–H and O–H groups in total. The second-order valence-electron chi connectivity index (χ2n) is 6.34. The first-order valence-electron chi connectivity index (χ1n) is 8.44. The molecule has 1 atom stereocenters. The van der Waals surface area contributed by atoms with Gasteiger partial charge in [-0.3, -0.25) is 4.79 Å². The molecule has 1 amide bonds. The van der Waals surface area contributed by atoms with Gasteiger partial charge in [-0.25, -0.2) is 12.7 Å². The first-order chi connectivity index (χ1) is 12.3. The Kier molecular flexibility index (Phi) is 5.02. The van der Waals surface area contributed by atoms with Gasteiger partial charge in [-0.05, 0) is 42.8 Å². The number of benzene rings is 2. The topological polar surface area (TPSA) is 66.9 Å². The number of ether oxygens (including phenoxy) is 1. The molecule has 0 saturated carbocycles. The van der Waals surface area contributed by atoms with Gasteiger partial charge >= 0.3 is 0 Å². The van der Waals surface area contributed by atoms with Crippen molar-refractivity contribution in [3.63, 3.8) is 0 Å². The van der Waals surface area contributed by atoms with Gasteiger partial charge in [-0.1, -0.05) is 19.1 Å². The lowest BCUT2D eigenvalue weighted by atomic mass is 10.1. The fourth-order valence-corrected chi connectivity index (χ4v) is 3.74. The van der Waals surface area contributed by atoms with E-state index in [0.29, 0.717) is 17.9 Å². The van der Waals surface area contributed by atoms with E-state index in [9.17, 15) is 13.2 Å². The van der Waals surface area contributed by atoms with Gasteiger partial charge in [0.2, 0.25) is 10.0 Å². The molecule has 7 heteroatoms. The average molecular weight is 374 g/mol. The third-order valence-corrected chi connectivity index (χ3v) is 6.25. The van der Waals surface area contributed by atoms with Gasteiger partial charge < -0.3 is 9.64 Å². The summed E-state index contributed by atoms with van der Waals surface area (Å²) in [6.07, 6.45) is 0.722. The van der Waals surface area contributed by atoms with E-state index in [1.54, 1.807) is 17.0 Å². The summed E-state index contributed by atoms with van der Waals surface area (Å²) in [4.78, 5) is 14.9. The predicted octanol–water partition coefficient (Wildman–Crippen LogP) is 2.75. The van der Waals surface area contributed by atoms with E-state index in [0.717, 1.165) is 16.4 Å². The summed E-state index contributed by atoms with van der Waals surface area (Å²) in [7, 11) is -0.565. The monoisotopic (exact) mass is 374 g/mol. The average Bonchev–Trinajstić information content (AvgIpc) is 2.66. The summed E-state index contributed by atoms with van der Waals surface area (Å²) in [5.41, 5.74) is 1.17. The molecule has 0 spiro atoms. The number of carbonyl (C=O) groups excluding carboxylic acids is 1. The van der Waals surface area contributed by atoms with Crippen LogP contribution in [-0.4, -0.2) is 45.4 Å². The molecule has 0 fully saturated rings. The van der Waals surface area contributed by atoms with Crippen LogP contribution in [0.25, 0.3) is 0 Å². The maximum Gasteiger partial charge on any atom is 0.258 e. The highest BCUT2D eigenvalue weighted by Crippen LogP contribution is 2.34. The van der Waals surface area contributed by atoms with Gasteiger partial charge in [0, 0.05) is 19.7 Å². The number of rotatable bonds is 4. The summed E-state index contributed by atoms with van der Waals surface area (Å²) in [6, 6.07) is 13.5. The van der Waals surface area contributed by atoms with Crippen LogP contribution >= 0.6 is 0 Å². The molecule has 2 aromatic rings. The molecule has 0 aliphatic carbocycles. The minimum atomic E-state index is -3.52. The van der Waals surface area contributed by atoms with Crippen LogP contribution in [0.4, 0.5) is 5.69 Å². The lowest BCUT2D eigenvalue weighted by molar-refractivity contribution is 0.0954. The molecule has 2 aromatic carbocycles. The zero-order valence-corrected chi connectivity index (χ0v) is 15.9. The second-order valence-corrected chi connectivity index (χ2v) is 8.50. The van der Waals surface area contributed by atoms with E-state index in [2.05, 4.69) is 0 Å². The quantitative estimate of drug-likeness (QED) is 0.825. The standard InChI is InChI=1S/C19H22N2O4S/c1-4-15-13-21(17-7-5-6-8-18(17)25-15)19(22)14-9-11-16(12-10-14)26(23,24)20(2)3/h5-12,15H,4,13H2,1-3H3. The molecule has 0 radical (unpaired) electrons. The van der Waals surface area contributed by atoms with Crippen LogP contribution in [0.2, 0.25) is 0 Å². The van der Waals surface area contributed by atoms with Gasteiger partial charge in [-0.2, -0.15) is 0 Å². The highest BCUT2D eigenvalue weighted by atomic mass is 32.2. The van der Waals surface area contributed by atoms with E-state index in [1.165, 1.54) is 26.2 Å². The van der Waals surface area contributed by atoms with Crippen molar-refractivity contribution in [2.24, 2.45) is 0 Å². The molecular formula is C19H22N2O4S. The fraction of sp³-hybridized carbons (Fsp3) is 0.316. The summed E-state index contributed by atoms with van der Waals surface area (Å²) in [5, 5.41) is 0. The van der Waals surface area contributed by atoms with Gasteiger partial charge in [0.1, 0.15) is 11.9 Å². The van der Waals surface area contributed by atoms with Gasteiger partial charge in [-0.15, -0.1) is 0 Å². The van der Waals surface area contributed by atoms with E-state index >= 15 is 0 Å². The van der Waals surface area contributed by atoms with Crippen LogP contribution in [0, 0.1) is 0 Å². The van der Waals surface area contributed by atoms with Crippen molar-refractivity contribution in [1.82, 2.24) is 4.31 Å². The first kappa shape index (κ1) is 18.4. The molecule has 0 saturated heterocycles. The Balaban J connectivity index is 1.92. The highest BCUT2D eigenvalue weighted by Gasteiger charge is 2.29. The number of hydrogen-bond donors (Lipinski definition) is 0. The largest absolute Gasteiger partial charge is 0.486 e. The van der Waals surface area contributed by atoms with Crippen molar-refractivity contribution in [3.8, 4) is 5.75 Å². The SMILES string of the molecule is CCC1CN(C(=O)c2ccc(S(=O)(=O)N(C)C)cc2)c2ccccc2O1. The van der Waals surface area contributed by atoms with Crippen LogP contribution in [0.15, 0.2) is 53.4 Å². The van der Waals surface area contributed by atoms with Crippen molar-refractivity contribution in [2.45, 2.75) is 24.3 Å². The zero-order chi connectivity index (χ0) is 18.9. The van der Waals surface area contributed by atoms with Crippen LogP contribution < -0.4 is 9.64 Å². The molecule has 0 aromatic heterocycles. The fourth-order valence-electron chi connectivity index (χ4n) is 2.84. The van der Waals surface area contributed by atoms with Gasteiger partial charge in [0.15, 0.2) is 0 Å². The summed E-state index contributed by atoms with van der Waals surface area (Å²) in [6.45, 7) is 2.48. The molecule has 0 bridgehead atoms. The molecule has 1 aliphatic rings. The molecule has 1 heterocycles. The number of nitrogens with zero attached hydrogens (tertiary/aromatic N) is 2. The Hall–Kier alpha value is -2.38. The maximum atomic E-state index is 13.0. The summed E-state index contributed by atoms with van der Waals surface area (Å²) in [5.74, 6) is 0.513. The molecule has 3 rings (SSSR count). The molecule has 138 valence electrons. The van der Waals surface area contributed by atoms with Crippen molar-refractivity contribution in [3.05, 3.63) is 54.1 Å². The van der Waals surface area contributed by atoms with Crippen LogP contribution in [0.5, 0.6) is 5.75 Å². The summed E-state index contributed by atoms with van der Waals surface area (Å²) >= 11 is 0. The van der Waals surface area contributed by atoms with Crippen molar-refractivity contribution < 1.29 is 17.9 Å². The lowest BCUT2D eigenvalue weighted by Gasteiger charge is -2.34. The van der Waals surface area contributed by atoms with Crippen molar-refractivity contribution in [1.29, 1.82) is 0 Å². The number of anilines is 1. The van der Waals surface area contributed by atoms with E-state index in [-0.39, 0.29) is 16.9 Å². The molecule has 1 aliphatic heterocycles. The number of amides is 1. The Morgan fingerprint density at radius 3 is 2.42 bits per heavy atom. The Morgan fingerprint density at radius 2 is 1.81 bits per heavy atom. The lowest BCUT2D eigenvalue weighted by Crippen LogP contribution is -2.43. The van der Waals surface area contributed by atoms with Crippen molar-refractivity contribution in [2.75, 3.05) is 25.5 Å². The molecule has 6 nitrogen and oxygen atoms in total. The van der Waals surface area contributed by atoms with Crippen LogP contribution in [0.1, 0.15) is 23.7 Å². The van der Waals surface area contributed by atoms with Gasteiger partial charge in [0.05, 0.1) is 17.1 Å². The van der Waals surface area contributed by atoms with Crippen molar-refractivity contribution >= 4 is 21.6 Å². The predicted molar refractivity (Wildman–Crippen MR) is 100 cm³/mol. The first-order valence-corrected chi connectivity index (χ1v) is 9.88. The molecule has 1 unspecified atom stereocenters. The third-order valence-electron chi connectivity index (χ3n) is 4.42. The third kappa shape index (κ3) is 3.32. The van der Waals surface area contributed by atoms with E-state index in [4.69, 9.17) is 4.74 Å². The molecule has 26 heavy (non-hydrogen) atoms. The van der Waals surface area contributed by atoms with Gasteiger partial charge in [0.25, 0.3) is 5.91 Å².